The predicted molar refractivity (Wildman–Crippen MR) is 171 cm³/mol. The molecule has 242 valence electrons. The van der Waals surface area contributed by atoms with Crippen LogP contribution >= 0.6 is 0 Å². The lowest BCUT2D eigenvalue weighted by Crippen LogP contribution is -2.58. The molecule has 10 atom stereocenters. The second kappa shape index (κ2) is 11.5. The maximum Gasteiger partial charge on any atom is 0.305 e. The largest absolute Gasteiger partial charge is 0.464 e. The first-order valence-corrected chi connectivity index (χ1v) is 17.4. The number of aliphatic hydroxyl groups is 2. The Morgan fingerprint density at radius 3 is 2.33 bits per heavy atom. The summed E-state index contributed by atoms with van der Waals surface area (Å²) in [4.78, 5) is 40.0. The van der Waals surface area contributed by atoms with Gasteiger partial charge in [0.05, 0.1) is 29.9 Å². The minimum atomic E-state index is -0.342. The fourth-order valence-electron chi connectivity index (χ4n) is 11.2. The summed E-state index contributed by atoms with van der Waals surface area (Å²) < 4.78 is 5.53. The van der Waals surface area contributed by atoms with E-state index in [1.807, 2.05) is 24.3 Å². The molecule has 4 aliphatic carbocycles. The lowest BCUT2D eigenvalue weighted by atomic mass is 9.43. The normalized spacial score (nSPS) is 38.0. The standard InChI is InChI=1S/C38H49NO6/c1-22(8-13-34(42)45-17-16-39-35(43)28-18-23-6-4-5-7-24(23)19-29(28)36(39)44)30-11-12-31-27-10-9-25-20-26(40)14-15-37(25,2)32(27)21-33(41)38(30,31)3/h4-7,18-19,22,25-27,30-33,40-41H,8-17,20-21H2,1-3H3/t22-,25-,26-,27+,30-,31+,32+,33+,37+,38-/m1/s1. The first-order chi connectivity index (χ1) is 21.5. The van der Waals surface area contributed by atoms with Gasteiger partial charge in [0.2, 0.25) is 0 Å². The molecule has 0 radical (unpaired) electrons. The van der Waals surface area contributed by atoms with Gasteiger partial charge in [-0.25, -0.2) is 0 Å². The third-order valence-electron chi connectivity index (χ3n) is 13.7. The van der Waals surface area contributed by atoms with Gasteiger partial charge in [0, 0.05) is 6.42 Å². The zero-order valence-electron chi connectivity index (χ0n) is 27.0. The molecule has 2 amide bonds. The summed E-state index contributed by atoms with van der Waals surface area (Å²) in [6.07, 6.45) is 8.86. The van der Waals surface area contributed by atoms with Crippen LogP contribution in [0.25, 0.3) is 10.8 Å². The van der Waals surface area contributed by atoms with Gasteiger partial charge in [-0.1, -0.05) is 45.0 Å². The van der Waals surface area contributed by atoms with Crippen LogP contribution in [0.5, 0.6) is 0 Å². The zero-order chi connectivity index (χ0) is 31.7. The number of esters is 1. The number of rotatable bonds is 7. The number of nitrogens with zero attached hydrogens (tertiary/aromatic N) is 1. The Morgan fingerprint density at radius 1 is 0.956 bits per heavy atom. The summed E-state index contributed by atoms with van der Waals surface area (Å²) in [5.41, 5.74) is 0.883. The van der Waals surface area contributed by atoms with Gasteiger partial charge in [0.15, 0.2) is 0 Å². The molecule has 2 aromatic rings. The molecule has 5 aliphatic rings. The van der Waals surface area contributed by atoms with Crippen LogP contribution in [0, 0.1) is 46.3 Å². The molecule has 7 heteroatoms. The first-order valence-electron chi connectivity index (χ1n) is 17.4. The van der Waals surface area contributed by atoms with Crippen LogP contribution in [0.4, 0.5) is 0 Å². The minimum absolute atomic E-state index is 0.0139. The molecule has 45 heavy (non-hydrogen) atoms. The number of hydrogen-bond acceptors (Lipinski definition) is 6. The molecule has 0 bridgehead atoms. The van der Waals surface area contributed by atoms with Crippen molar-refractivity contribution < 1.29 is 29.3 Å². The van der Waals surface area contributed by atoms with Gasteiger partial charge in [-0.15, -0.1) is 0 Å². The van der Waals surface area contributed by atoms with Crippen molar-refractivity contribution in [1.29, 1.82) is 0 Å². The van der Waals surface area contributed by atoms with Crippen LogP contribution in [-0.2, 0) is 9.53 Å². The van der Waals surface area contributed by atoms with E-state index in [-0.39, 0.29) is 66.3 Å². The number of benzene rings is 2. The third kappa shape index (κ3) is 4.95. The van der Waals surface area contributed by atoms with Gasteiger partial charge in [-0.3, -0.25) is 19.3 Å². The smallest absolute Gasteiger partial charge is 0.305 e. The molecule has 2 aromatic carbocycles. The predicted octanol–water partition coefficient (Wildman–Crippen LogP) is 6.39. The van der Waals surface area contributed by atoms with Gasteiger partial charge in [0.25, 0.3) is 11.8 Å². The van der Waals surface area contributed by atoms with Crippen LogP contribution < -0.4 is 0 Å². The van der Waals surface area contributed by atoms with Gasteiger partial charge in [-0.05, 0) is 127 Å². The van der Waals surface area contributed by atoms with Crippen molar-refractivity contribution in [3.8, 4) is 0 Å². The molecule has 0 spiro atoms. The number of hydrogen-bond donors (Lipinski definition) is 2. The Kier molecular flexibility index (Phi) is 7.88. The van der Waals surface area contributed by atoms with Crippen LogP contribution in [0.2, 0.25) is 0 Å². The monoisotopic (exact) mass is 615 g/mol. The van der Waals surface area contributed by atoms with Gasteiger partial charge in [-0.2, -0.15) is 0 Å². The van der Waals surface area contributed by atoms with Crippen molar-refractivity contribution in [3.63, 3.8) is 0 Å². The summed E-state index contributed by atoms with van der Waals surface area (Å²) in [6, 6.07) is 11.2. The van der Waals surface area contributed by atoms with Crippen molar-refractivity contribution in [2.24, 2.45) is 46.3 Å². The Hall–Kier alpha value is -2.77. The topological polar surface area (TPSA) is 104 Å². The SMILES string of the molecule is C[C@H](CCC(=O)OCCN1C(=O)c2cc3ccccc3cc2C1=O)[C@H]1CC[C@H]2[C@@H]3CC[C@@H]4C[C@H](O)CC[C@]4(C)[C@H]3C[C@H](O)[C@]12C. The number of ether oxygens (including phenoxy) is 1. The zero-order valence-corrected chi connectivity index (χ0v) is 27.0. The Balaban J connectivity index is 0.928. The maximum absolute atomic E-state index is 13.0. The maximum atomic E-state index is 13.0. The van der Waals surface area contributed by atoms with E-state index in [4.69, 9.17) is 4.74 Å². The Morgan fingerprint density at radius 2 is 1.64 bits per heavy atom. The Labute approximate surface area is 266 Å². The Bertz CT molecular complexity index is 1450. The van der Waals surface area contributed by atoms with Crippen LogP contribution in [0.15, 0.2) is 36.4 Å². The quantitative estimate of drug-likeness (QED) is 0.277. The molecule has 2 N–H and O–H groups in total. The summed E-state index contributed by atoms with van der Waals surface area (Å²) in [5, 5.41) is 24.0. The molecule has 7 nitrogen and oxygen atoms in total. The third-order valence-corrected chi connectivity index (χ3v) is 13.7. The van der Waals surface area contributed by atoms with E-state index in [0.717, 1.165) is 49.3 Å². The van der Waals surface area contributed by atoms with E-state index in [2.05, 4.69) is 20.8 Å². The molecule has 0 saturated heterocycles. The van der Waals surface area contributed by atoms with Crippen LogP contribution in [0.3, 0.4) is 0 Å². The van der Waals surface area contributed by atoms with E-state index in [1.54, 1.807) is 12.1 Å². The first kappa shape index (κ1) is 30.9. The highest BCUT2D eigenvalue weighted by molar-refractivity contribution is 6.23. The summed E-state index contributed by atoms with van der Waals surface area (Å²) in [5.74, 6) is 1.89. The van der Waals surface area contributed by atoms with E-state index >= 15 is 0 Å². The van der Waals surface area contributed by atoms with Crippen LogP contribution in [0.1, 0.15) is 106 Å². The number of fused-ring (bicyclic) bond motifs is 7. The van der Waals surface area contributed by atoms with E-state index in [0.29, 0.717) is 47.1 Å². The minimum Gasteiger partial charge on any atom is -0.464 e. The average molecular weight is 616 g/mol. The molecule has 7 rings (SSSR count). The fraction of sp³-hybridized carbons (Fsp3) is 0.658. The van der Waals surface area contributed by atoms with E-state index in [1.165, 1.54) is 17.7 Å². The number of amides is 2. The second-order valence-corrected chi connectivity index (χ2v) is 15.6. The molecular weight excluding hydrogens is 566 g/mol. The molecule has 1 aliphatic heterocycles. The van der Waals surface area contributed by atoms with Gasteiger partial charge >= 0.3 is 5.97 Å². The fourth-order valence-corrected chi connectivity index (χ4v) is 11.2. The lowest BCUT2D eigenvalue weighted by molar-refractivity contribution is -0.175. The highest BCUT2D eigenvalue weighted by atomic mass is 16.5. The number of carbonyl (C=O) groups excluding carboxylic acids is 3. The highest BCUT2D eigenvalue weighted by Gasteiger charge is 2.63. The van der Waals surface area contributed by atoms with Crippen LogP contribution in [-0.4, -0.2) is 58.3 Å². The molecule has 0 aromatic heterocycles. The number of imide groups is 1. The van der Waals surface area contributed by atoms with Crippen molar-refractivity contribution >= 4 is 28.6 Å². The molecule has 0 unspecified atom stereocenters. The summed E-state index contributed by atoms with van der Waals surface area (Å²) >= 11 is 0. The average Bonchev–Trinajstić information content (AvgIpc) is 3.50. The molecular formula is C38H49NO6. The van der Waals surface area contributed by atoms with Crippen molar-refractivity contribution in [2.75, 3.05) is 13.2 Å². The van der Waals surface area contributed by atoms with E-state index in [9.17, 15) is 24.6 Å². The van der Waals surface area contributed by atoms with Crippen molar-refractivity contribution in [1.82, 2.24) is 4.90 Å². The van der Waals surface area contributed by atoms with Crippen molar-refractivity contribution in [3.05, 3.63) is 47.5 Å². The molecule has 1 heterocycles. The van der Waals surface area contributed by atoms with Gasteiger partial charge < -0.3 is 14.9 Å². The second-order valence-electron chi connectivity index (χ2n) is 15.6. The summed E-state index contributed by atoms with van der Waals surface area (Å²) in [6.45, 7) is 7.04. The number of carbonyl (C=O) groups is 3. The van der Waals surface area contributed by atoms with E-state index < -0.39 is 0 Å². The highest BCUT2D eigenvalue weighted by Crippen LogP contribution is 2.68. The lowest BCUT2D eigenvalue weighted by Gasteiger charge is -2.62. The van der Waals surface area contributed by atoms with Crippen molar-refractivity contribution in [2.45, 2.75) is 97.2 Å². The molecule has 4 fully saturated rings. The summed E-state index contributed by atoms with van der Waals surface area (Å²) in [7, 11) is 0. The number of aliphatic hydroxyl groups excluding tert-OH is 2. The molecule has 4 saturated carbocycles. The van der Waals surface area contributed by atoms with Gasteiger partial charge in [0.1, 0.15) is 6.61 Å².